The Balaban J connectivity index is 1.57. The van der Waals surface area contributed by atoms with Gasteiger partial charge in [0, 0.05) is 39.4 Å². The average molecular weight is 534 g/mol. The molecule has 11 nitrogen and oxygen atoms in total. The highest BCUT2D eigenvalue weighted by atomic mass is 35.5. The van der Waals surface area contributed by atoms with Crippen LogP contribution in [0.5, 0.6) is 0 Å². The summed E-state index contributed by atoms with van der Waals surface area (Å²) in [6, 6.07) is 5.02. The largest absolute Gasteiger partial charge is 0.419 e. The van der Waals surface area contributed by atoms with Gasteiger partial charge in [0.25, 0.3) is 5.56 Å². The van der Waals surface area contributed by atoms with Gasteiger partial charge in [-0.1, -0.05) is 23.2 Å². The third kappa shape index (κ3) is 4.31. The number of piperidine rings is 1. The highest BCUT2D eigenvalue weighted by Crippen LogP contribution is 2.30. The van der Waals surface area contributed by atoms with Crippen molar-refractivity contribution >= 4 is 40.3 Å². The zero-order valence-corrected chi connectivity index (χ0v) is 21.3. The molecule has 1 N–H and O–H groups in total. The first-order chi connectivity index (χ1) is 17.3. The molecule has 4 heterocycles. The number of aryl methyl sites for hydroxylation is 1. The summed E-state index contributed by atoms with van der Waals surface area (Å²) in [5.74, 6) is 1.52. The maximum absolute atomic E-state index is 13.2. The summed E-state index contributed by atoms with van der Waals surface area (Å²) in [6.45, 7) is 1.67. The van der Waals surface area contributed by atoms with Crippen molar-refractivity contribution in [2.75, 3.05) is 24.6 Å². The molecule has 1 fully saturated rings. The van der Waals surface area contributed by atoms with Gasteiger partial charge < -0.3 is 14.4 Å². The zero-order valence-electron chi connectivity index (χ0n) is 19.8. The second-order valence-electron chi connectivity index (χ2n) is 8.95. The standard InChI is InChI=1S/C23H25Cl2N7O4/c1-29-19-18(21(34)30(2)23(29)35)32(22(26-19)31-8-5-13(6-9-31)7-10-33)12-17-27-28-20(36-17)14-3-4-15(24)16(25)11-14/h3-4,11,13,33H,5-10,12H2,1-2H3. The maximum Gasteiger partial charge on any atom is 0.332 e. The van der Waals surface area contributed by atoms with E-state index in [2.05, 4.69) is 15.1 Å². The van der Waals surface area contributed by atoms with Gasteiger partial charge in [-0.05, 0) is 43.4 Å². The van der Waals surface area contributed by atoms with Crippen LogP contribution in [0.4, 0.5) is 5.95 Å². The van der Waals surface area contributed by atoms with Crippen LogP contribution in [0, 0.1) is 5.92 Å². The van der Waals surface area contributed by atoms with Crippen molar-refractivity contribution in [3.8, 4) is 11.5 Å². The molecule has 0 radical (unpaired) electrons. The van der Waals surface area contributed by atoms with Crippen molar-refractivity contribution < 1.29 is 9.52 Å². The van der Waals surface area contributed by atoms with E-state index in [1.54, 1.807) is 29.8 Å². The SMILES string of the molecule is Cn1c(=O)c2c(nc(N3CCC(CCO)CC3)n2Cc2nnc(-c3ccc(Cl)c(Cl)c3)o2)n(C)c1=O. The molecule has 1 aromatic carbocycles. The van der Waals surface area contributed by atoms with Crippen LogP contribution in [0.15, 0.2) is 32.2 Å². The fraction of sp³-hybridized carbons (Fsp3) is 0.435. The van der Waals surface area contributed by atoms with E-state index in [4.69, 9.17) is 32.6 Å². The molecule has 13 heteroatoms. The van der Waals surface area contributed by atoms with E-state index < -0.39 is 11.2 Å². The molecule has 0 saturated carbocycles. The fourth-order valence-electron chi connectivity index (χ4n) is 4.63. The molecule has 190 valence electrons. The van der Waals surface area contributed by atoms with Crippen LogP contribution in [0.2, 0.25) is 10.0 Å². The van der Waals surface area contributed by atoms with E-state index >= 15 is 0 Å². The molecule has 0 unspecified atom stereocenters. The van der Waals surface area contributed by atoms with Crippen LogP contribution in [0.1, 0.15) is 25.2 Å². The lowest BCUT2D eigenvalue weighted by Crippen LogP contribution is -2.38. The minimum absolute atomic E-state index is 0.0875. The number of halogens is 2. The van der Waals surface area contributed by atoms with E-state index in [9.17, 15) is 14.7 Å². The maximum atomic E-state index is 13.2. The molecule has 4 aromatic rings. The predicted octanol–water partition coefficient (Wildman–Crippen LogP) is 2.44. The first-order valence-electron chi connectivity index (χ1n) is 11.6. The van der Waals surface area contributed by atoms with Crippen molar-refractivity contribution in [2.24, 2.45) is 20.0 Å². The number of aliphatic hydroxyl groups is 1. The second kappa shape index (κ2) is 9.72. The predicted molar refractivity (Wildman–Crippen MR) is 136 cm³/mol. The molecule has 1 aliphatic heterocycles. The molecule has 0 bridgehead atoms. The molecule has 0 aliphatic carbocycles. The Hall–Kier alpha value is -3.15. The summed E-state index contributed by atoms with van der Waals surface area (Å²) < 4.78 is 10.1. The lowest BCUT2D eigenvalue weighted by molar-refractivity contribution is 0.240. The summed E-state index contributed by atoms with van der Waals surface area (Å²) in [4.78, 5) is 32.6. The van der Waals surface area contributed by atoms with Crippen LogP contribution in [-0.2, 0) is 20.6 Å². The van der Waals surface area contributed by atoms with Crippen LogP contribution < -0.4 is 16.1 Å². The highest BCUT2D eigenvalue weighted by Gasteiger charge is 2.27. The summed E-state index contributed by atoms with van der Waals surface area (Å²) in [7, 11) is 3.03. The van der Waals surface area contributed by atoms with Gasteiger partial charge >= 0.3 is 5.69 Å². The van der Waals surface area contributed by atoms with E-state index in [0.29, 0.717) is 46.2 Å². The number of hydrogen-bond donors (Lipinski definition) is 1. The van der Waals surface area contributed by atoms with Crippen LogP contribution in [-0.4, -0.2) is 53.7 Å². The molecular weight excluding hydrogens is 509 g/mol. The van der Waals surface area contributed by atoms with E-state index in [1.807, 2.05) is 0 Å². The van der Waals surface area contributed by atoms with Crippen LogP contribution in [0.25, 0.3) is 22.6 Å². The van der Waals surface area contributed by atoms with Gasteiger partial charge in [-0.2, -0.15) is 4.98 Å². The lowest BCUT2D eigenvalue weighted by Gasteiger charge is -2.32. The molecule has 5 rings (SSSR count). The van der Waals surface area contributed by atoms with Crippen LogP contribution >= 0.6 is 23.2 Å². The topological polar surface area (TPSA) is 124 Å². The first kappa shape index (κ1) is 24.5. The van der Waals surface area contributed by atoms with Crippen LogP contribution in [0.3, 0.4) is 0 Å². The van der Waals surface area contributed by atoms with Gasteiger partial charge in [-0.3, -0.25) is 18.5 Å². The molecule has 36 heavy (non-hydrogen) atoms. The average Bonchev–Trinajstić information content (AvgIpc) is 3.49. The quantitative estimate of drug-likeness (QED) is 0.400. The Kier molecular flexibility index (Phi) is 6.62. The van der Waals surface area contributed by atoms with E-state index in [0.717, 1.165) is 23.8 Å². The van der Waals surface area contributed by atoms with Crippen molar-refractivity contribution in [2.45, 2.75) is 25.8 Å². The van der Waals surface area contributed by atoms with Crippen molar-refractivity contribution in [1.82, 2.24) is 28.9 Å². The third-order valence-electron chi connectivity index (χ3n) is 6.69. The zero-order chi connectivity index (χ0) is 25.6. The minimum atomic E-state index is -0.454. The fourth-order valence-corrected chi connectivity index (χ4v) is 4.93. The number of benzene rings is 1. The Morgan fingerprint density at radius 3 is 2.53 bits per heavy atom. The molecule has 0 amide bonds. The Morgan fingerprint density at radius 2 is 1.83 bits per heavy atom. The Bertz CT molecular complexity index is 1550. The second-order valence-corrected chi connectivity index (χ2v) is 9.76. The summed E-state index contributed by atoms with van der Waals surface area (Å²) in [5, 5.41) is 18.4. The number of imidazole rings is 1. The summed E-state index contributed by atoms with van der Waals surface area (Å²) in [5.41, 5.74) is 0.278. The monoisotopic (exact) mass is 533 g/mol. The summed E-state index contributed by atoms with van der Waals surface area (Å²) in [6.07, 6.45) is 2.55. The number of nitrogens with zero attached hydrogens (tertiary/aromatic N) is 7. The first-order valence-corrected chi connectivity index (χ1v) is 12.3. The van der Waals surface area contributed by atoms with E-state index in [1.165, 1.54) is 11.6 Å². The lowest BCUT2D eigenvalue weighted by atomic mass is 9.94. The van der Waals surface area contributed by atoms with E-state index in [-0.39, 0.29) is 30.4 Å². The number of hydrogen-bond acceptors (Lipinski definition) is 8. The molecule has 3 aromatic heterocycles. The van der Waals surface area contributed by atoms with Crippen molar-refractivity contribution in [3.05, 3.63) is 55.0 Å². The van der Waals surface area contributed by atoms with Gasteiger partial charge in [0.2, 0.25) is 17.7 Å². The van der Waals surface area contributed by atoms with Gasteiger partial charge in [0.1, 0.15) is 6.54 Å². The summed E-state index contributed by atoms with van der Waals surface area (Å²) >= 11 is 12.1. The molecule has 1 saturated heterocycles. The van der Waals surface area contributed by atoms with Crippen molar-refractivity contribution in [3.63, 3.8) is 0 Å². The highest BCUT2D eigenvalue weighted by molar-refractivity contribution is 6.42. The number of rotatable bonds is 6. The van der Waals surface area contributed by atoms with Gasteiger partial charge in [-0.25, -0.2) is 4.79 Å². The Labute approximate surface area is 215 Å². The van der Waals surface area contributed by atoms with Gasteiger partial charge in [-0.15, -0.1) is 10.2 Å². The minimum Gasteiger partial charge on any atom is -0.419 e. The van der Waals surface area contributed by atoms with Gasteiger partial charge in [0.05, 0.1) is 10.0 Å². The molecular formula is C23H25Cl2N7O4. The normalized spacial score (nSPS) is 14.8. The number of anilines is 1. The number of aromatic nitrogens is 6. The third-order valence-corrected chi connectivity index (χ3v) is 7.43. The number of fused-ring (bicyclic) bond motifs is 1. The van der Waals surface area contributed by atoms with Gasteiger partial charge in [0.15, 0.2) is 11.2 Å². The van der Waals surface area contributed by atoms with Crippen molar-refractivity contribution in [1.29, 1.82) is 0 Å². The molecule has 0 atom stereocenters. The Morgan fingerprint density at radius 1 is 1.08 bits per heavy atom. The molecule has 0 spiro atoms. The number of aliphatic hydroxyl groups excluding tert-OH is 1. The molecule has 1 aliphatic rings. The smallest absolute Gasteiger partial charge is 0.332 e.